The van der Waals surface area contributed by atoms with E-state index in [1.165, 1.54) is 12.1 Å². The van der Waals surface area contributed by atoms with E-state index < -0.39 is 17.7 Å². The first kappa shape index (κ1) is 20.6. The number of anilines is 1. The molecule has 2 aliphatic rings. The Balaban J connectivity index is 1.71. The SMILES string of the molecule is Cc1c(C(=O)O)nc(C2CCOCC2)nc1N1CCc2ccc(C(F)(F)F)cc2C1. The Morgan fingerprint density at radius 3 is 2.60 bits per heavy atom. The second-order valence-electron chi connectivity index (χ2n) is 7.72. The molecular weight excluding hydrogens is 399 g/mol. The van der Waals surface area contributed by atoms with E-state index in [4.69, 9.17) is 4.74 Å². The highest BCUT2D eigenvalue weighted by Crippen LogP contribution is 2.34. The molecule has 3 heterocycles. The average Bonchev–Trinajstić information content (AvgIpc) is 2.73. The van der Waals surface area contributed by atoms with Gasteiger partial charge in [0.2, 0.25) is 0 Å². The van der Waals surface area contributed by atoms with Crippen molar-refractivity contribution >= 4 is 11.8 Å². The van der Waals surface area contributed by atoms with E-state index in [1.54, 1.807) is 6.92 Å². The topological polar surface area (TPSA) is 75.5 Å². The van der Waals surface area contributed by atoms with E-state index in [0.29, 0.717) is 61.8 Å². The van der Waals surface area contributed by atoms with Crippen LogP contribution in [0.1, 0.15) is 57.3 Å². The second kappa shape index (κ2) is 7.86. The van der Waals surface area contributed by atoms with Crippen molar-refractivity contribution in [2.75, 3.05) is 24.7 Å². The monoisotopic (exact) mass is 421 g/mol. The van der Waals surface area contributed by atoms with Crippen molar-refractivity contribution in [3.05, 3.63) is 52.0 Å². The average molecular weight is 421 g/mol. The molecule has 1 fully saturated rings. The van der Waals surface area contributed by atoms with Gasteiger partial charge in [0.15, 0.2) is 5.69 Å². The highest BCUT2D eigenvalue weighted by atomic mass is 19.4. The molecule has 0 aliphatic carbocycles. The molecule has 6 nitrogen and oxygen atoms in total. The summed E-state index contributed by atoms with van der Waals surface area (Å²) in [6.07, 6.45) is -2.43. The zero-order valence-electron chi connectivity index (χ0n) is 16.5. The van der Waals surface area contributed by atoms with Gasteiger partial charge in [0.1, 0.15) is 11.6 Å². The van der Waals surface area contributed by atoms with E-state index >= 15 is 0 Å². The van der Waals surface area contributed by atoms with Crippen LogP contribution in [0.3, 0.4) is 0 Å². The third kappa shape index (κ3) is 3.98. The van der Waals surface area contributed by atoms with Gasteiger partial charge in [-0.2, -0.15) is 13.2 Å². The number of nitrogens with zero attached hydrogens (tertiary/aromatic N) is 3. The van der Waals surface area contributed by atoms with Crippen LogP contribution in [-0.4, -0.2) is 40.8 Å². The van der Waals surface area contributed by atoms with Crippen molar-refractivity contribution < 1.29 is 27.8 Å². The Bertz CT molecular complexity index is 972. The Labute approximate surface area is 171 Å². The van der Waals surface area contributed by atoms with Crippen LogP contribution in [0, 0.1) is 6.92 Å². The van der Waals surface area contributed by atoms with Crippen molar-refractivity contribution in [1.82, 2.24) is 9.97 Å². The third-order valence-electron chi connectivity index (χ3n) is 5.77. The van der Waals surface area contributed by atoms with Crippen LogP contribution in [0.5, 0.6) is 0 Å². The molecule has 0 spiro atoms. The maximum atomic E-state index is 13.1. The molecule has 1 aromatic heterocycles. The number of rotatable bonds is 3. The number of aromatic carboxylic acids is 1. The number of hydrogen-bond donors (Lipinski definition) is 1. The van der Waals surface area contributed by atoms with Gasteiger partial charge in [-0.05, 0) is 49.4 Å². The number of alkyl halides is 3. The fourth-order valence-electron chi connectivity index (χ4n) is 4.09. The predicted molar refractivity (Wildman–Crippen MR) is 103 cm³/mol. The number of fused-ring (bicyclic) bond motifs is 1. The number of halogens is 3. The zero-order valence-corrected chi connectivity index (χ0v) is 16.5. The van der Waals surface area contributed by atoms with Crippen molar-refractivity contribution in [2.45, 2.75) is 44.8 Å². The second-order valence-corrected chi connectivity index (χ2v) is 7.72. The molecule has 1 N–H and O–H groups in total. The third-order valence-corrected chi connectivity index (χ3v) is 5.77. The van der Waals surface area contributed by atoms with Crippen LogP contribution in [0.25, 0.3) is 0 Å². The molecule has 4 rings (SSSR count). The molecule has 2 aliphatic heterocycles. The molecule has 0 unspecified atom stereocenters. The van der Waals surface area contributed by atoms with Crippen LogP contribution in [0.4, 0.5) is 19.0 Å². The summed E-state index contributed by atoms with van der Waals surface area (Å²) in [4.78, 5) is 22.6. The molecule has 1 aromatic carbocycles. The summed E-state index contributed by atoms with van der Waals surface area (Å²) < 4.78 is 44.8. The molecule has 30 heavy (non-hydrogen) atoms. The lowest BCUT2D eigenvalue weighted by Crippen LogP contribution is -2.33. The molecule has 1 saturated heterocycles. The summed E-state index contributed by atoms with van der Waals surface area (Å²) in [6, 6.07) is 3.81. The molecular formula is C21H22F3N3O3. The number of ether oxygens (including phenoxy) is 1. The first-order chi connectivity index (χ1) is 14.2. The van der Waals surface area contributed by atoms with E-state index in [-0.39, 0.29) is 18.2 Å². The molecule has 0 saturated carbocycles. The van der Waals surface area contributed by atoms with Gasteiger partial charge in [0.25, 0.3) is 0 Å². The molecule has 0 amide bonds. The number of carbonyl (C=O) groups is 1. The largest absolute Gasteiger partial charge is 0.476 e. The van der Waals surface area contributed by atoms with Gasteiger partial charge < -0.3 is 14.7 Å². The van der Waals surface area contributed by atoms with Gasteiger partial charge in [0, 0.05) is 37.8 Å². The summed E-state index contributed by atoms with van der Waals surface area (Å²) in [6.45, 7) is 3.56. The summed E-state index contributed by atoms with van der Waals surface area (Å²) in [5, 5.41) is 9.64. The molecule has 2 aromatic rings. The highest BCUT2D eigenvalue weighted by Gasteiger charge is 2.32. The van der Waals surface area contributed by atoms with Gasteiger partial charge in [-0.25, -0.2) is 14.8 Å². The fraction of sp³-hybridized carbons (Fsp3) is 0.476. The van der Waals surface area contributed by atoms with Gasteiger partial charge >= 0.3 is 12.1 Å². The van der Waals surface area contributed by atoms with Crippen LogP contribution < -0.4 is 4.90 Å². The summed E-state index contributed by atoms with van der Waals surface area (Å²) in [5.74, 6) is -0.190. The van der Waals surface area contributed by atoms with Crippen LogP contribution in [0.15, 0.2) is 18.2 Å². The van der Waals surface area contributed by atoms with Crippen molar-refractivity contribution in [2.24, 2.45) is 0 Å². The maximum Gasteiger partial charge on any atom is 0.416 e. The van der Waals surface area contributed by atoms with Gasteiger partial charge in [0.05, 0.1) is 5.56 Å². The molecule has 0 atom stereocenters. The Morgan fingerprint density at radius 1 is 1.20 bits per heavy atom. The van der Waals surface area contributed by atoms with Crippen molar-refractivity contribution in [3.8, 4) is 0 Å². The highest BCUT2D eigenvalue weighted by molar-refractivity contribution is 5.88. The summed E-state index contributed by atoms with van der Waals surface area (Å²) in [5.41, 5.74) is 1.13. The van der Waals surface area contributed by atoms with E-state index in [2.05, 4.69) is 9.97 Å². The van der Waals surface area contributed by atoms with E-state index in [0.717, 1.165) is 11.6 Å². The molecule has 160 valence electrons. The fourth-order valence-corrected chi connectivity index (χ4v) is 4.09. The normalized spacial score (nSPS) is 17.7. The lowest BCUT2D eigenvalue weighted by Gasteiger charge is -2.32. The van der Waals surface area contributed by atoms with Gasteiger partial charge in [-0.15, -0.1) is 0 Å². The van der Waals surface area contributed by atoms with E-state index in [9.17, 15) is 23.1 Å². The minimum absolute atomic E-state index is 0.00473. The van der Waals surface area contributed by atoms with Crippen LogP contribution in [0.2, 0.25) is 0 Å². The van der Waals surface area contributed by atoms with Gasteiger partial charge in [-0.3, -0.25) is 0 Å². The smallest absolute Gasteiger partial charge is 0.416 e. The van der Waals surface area contributed by atoms with Crippen LogP contribution >= 0.6 is 0 Å². The number of benzene rings is 1. The zero-order chi connectivity index (χ0) is 21.5. The number of carboxylic acids is 1. The minimum Gasteiger partial charge on any atom is -0.476 e. The Kier molecular flexibility index (Phi) is 5.40. The first-order valence-electron chi connectivity index (χ1n) is 9.87. The number of carboxylic acid groups (broad SMARTS) is 1. The lowest BCUT2D eigenvalue weighted by atomic mass is 9.96. The molecule has 9 heteroatoms. The first-order valence-corrected chi connectivity index (χ1v) is 9.87. The minimum atomic E-state index is -4.41. The molecule has 0 bridgehead atoms. The lowest BCUT2D eigenvalue weighted by molar-refractivity contribution is -0.137. The molecule has 0 radical (unpaired) electrons. The number of hydrogen-bond acceptors (Lipinski definition) is 5. The summed E-state index contributed by atoms with van der Waals surface area (Å²) in [7, 11) is 0. The van der Waals surface area contributed by atoms with E-state index in [1.807, 2.05) is 4.90 Å². The Morgan fingerprint density at radius 2 is 1.93 bits per heavy atom. The van der Waals surface area contributed by atoms with Crippen molar-refractivity contribution in [3.63, 3.8) is 0 Å². The van der Waals surface area contributed by atoms with Crippen molar-refractivity contribution in [1.29, 1.82) is 0 Å². The van der Waals surface area contributed by atoms with Crippen LogP contribution in [-0.2, 0) is 23.9 Å². The summed E-state index contributed by atoms with van der Waals surface area (Å²) >= 11 is 0. The number of aromatic nitrogens is 2. The van der Waals surface area contributed by atoms with Gasteiger partial charge in [-0.1, -0.05) is 6.07 Å². The maximum absolute atomic E-state index is 13.1. The standard InChI is InChI=1S/C21H22F3N3O3/c1-12-17(20(28)29)25-18(14-5-8-30-9-6-14)26-19(12)27-7-4-13-2-3-16(21(22,23)24)10-15(13)11-27/h2-3,10,14H,4-9,11H2,1H3,(H,28,29). The quantitative estimate of drug-likeness (QED) is 0.809. The predicted octanol–water partition coefficient (Wildman–Crippen LogP) is 3.96. The Hall–Kier alpha value is -2.68.